The molecule has 6 nitrogen and oxygen atoms in total. The molecule has 1 saturated heterocycles. The molecular weight excluding hydrogens is 268 g/mol. The maximum atomic E-state index is 12.8. The van der Waals surface area contributed by atoms with Crippen molar-refractivity contribution in [3.8, 4) is 0 Å². The third-order valence-corrected chi connectivity index (χ3v) is 4.93. The van der Waals surface area contributed by atoms with Crippen molar-refractivity contribution in [2.75, 3.05) is 33.7 Å². The molecule has 1 aliphatic rings. The third kappa shape index (κ3) is 3.87. The van der Waals surface area contributed by atoms with Gasteiger partial charge in [0, 0.05) is 13.6 Å². The number of amides is 1. The average Bonchev–Trinajstić information content (AvgIpc) is 2.50. The molecule has 0 spiro atoms. The molecule has 0 aromatic heterocycles. The van der Waals surface area contributed by atoms with Gasteiger partial charge in [-0.05, 0) is 51.7 Å². The van der Waals surface area contributed by atoms with Gasteiger partial charge < -0.3 is 20.7 Å². The highest BCUT2D eigenvalue weighted by atomic mass is 16.4. The van der Waals surface area contributed by atoms with Gasteiger partial charge in [0.15, 0.2) is 5.84 Å². The Morgan fingerprint density at radius 3 is 2.33 bits per heavy atom. The Morgan fingerprint density at radius 2 is 1.90 bits per heavy atom. The summed E-state index contributed by atoms with van der Waals surface area (Å²) < 4.78 is 0. The van der Waals surface area contributed by atoms with Gasteiger partial charge in [0.1, 0.15) is 5.41 Å². The Hall–Kier alpha value is -1.30. The van der Waals surface area contributed by atoms with E-state index in [0.29, 0.717) is 18.8 Å². The molecule has 0 aliphatic carbocycles. The first-order chi connectivity index (χ1) is 9.91. The third-order valence-electron chi connectivity index (χ3n) is 4.93. The van der Waals surface area contributed by atoms with Crippen LogP contribution in [0.1, 0.15) is 39.5 Å². The van der Waals surface area contributed by atoms with E-state index in [1.54, 1.807) is 4.90 Å². The molecule has 0 unspecified atom stereocenters. The monoisotopic (exact) mass is 298 g/mol. The Kier molecular flexibility index (Phi) is 6.45. The molecule has 0 atom stereocenters. The fraction of sp³-hybridized carbons (Fsp3) is 0.867. The average molecular weight is 298 g/mol. The number of oxime groups is 1. The van der Waals surface area contributed by atoms with Crippen molar-refractivity contribution in [1.82, 2.24) is 9.80 Å². The molecular formula is C15H30N4O2. The van der Waals surface area contributed by atoms with Crippen molar-refractivity contribution in [3.63, 3.8) is 0 Å². The second-order valence-electron chi connectivity index (χ2n) is 6.21. The first-order valence-electron chi connectivity index (χ1n) is 7.83. The fourth-order valence-electron chi connectivity index (χ4n) is 3.20. The normalized spacial score (nSPS) is 18.8. The zero-order chi connectivity index (χ0) is 16.0. The maximum Gasteiger partial charge on any atom is 0.236 e. The van der Waals surface area contributed by atoms with Crippen LogP contribution in [0.4, 0.5) is 0 Å². The molecule has 3 N–H and O–H groups in total. The van der Waals surface area contributed by atoms with E-state index in [1.807, 2.05) is 20.9 Å². The Labute approximate surface area is 128 Å². The van der Waals surface area contributed by atoms with Gasteiger partial charge in [-0.3, -0.25) is 4.79 Å². The van der Waals surface area contributed by atoms with E-state index in [4.69, 9.17) is 10.9 Å². The molecule has 1 heterocycles. The van der Waals surface area contributed by atoms with Gasteiger partial charge in [0.05, 0.1) is 0 Å². The second kappa shape index (κ2) is 7.64. The van der Waals surface area contributed by atoms with Crippen LogP contribution in [0.5, 0.6) is 0 Å². The summed E-state index contributed by atoms with van der Waals surface area (Å²) in [5.41, 5.74) is 4.93. The molecule has 0 saturated carbocycles. The predicted octanol–water partition coefficient (Wildman–Crippen LogP) is 1.34. The number of hydrogen-bond acceptors (Lipinski definition) is 4. The number of amidine groups is 1. The number of hydrogen-bond donors (Lipinski definition) is 2. The minimum atomic E-state index is -0.880. The Balaban J connectivity index is 2.75. The van der Waals surface area contributed by atoms with Crippen molar-refractivity contribution in [1.29, 1.82) is 0 Å². The maximum absolute atomic E-state index is 12.8. The van der Waals surface area contributed by atoms with E-state index in [1.165, 1.54) is 0 Å². The van der Waals surface area contributed by atoms with Crippen LogP contribution in [0.15, 0.2) is 5.16 Å². The number of likely N-dealkylation sites (tertiary alicyclic amines) is 1. The van der Waals surface area contributed by atoms with Gasteiger partial charge in [0.2, 0.25) is 5.91 Å². The van der Waals surface area contributed by atoms with Crippen LogP contribution < -0.4 is 5.73 Å². The lowest BCUT2D eigenvalue weighted by Gasteiger charge is -2.36. The number of nitrogens with zero attached hydrogens (tertiary/aromatic N) is 3. The van der Waals surface area contributed by atoms with E-state index in [2.05, 4.69) is 17.1 Å². The summed E-state index contributed by atoms with van der Waals surface area (Å²) >= 11 is 0. The lowest BCUT2D eigenvalue weighted by Crippen LogP contribution is -2.51. The molecule has 1 rings (SSSR count). The lowest BCUT2D eigenvalue weighted by molar-refractivity contribution is -0.138. The zero-order valence-electron chi connectivity index (χ0n) is 13.8. The van der Waals surface area contributed by atoms with Crippen molar-refractivity contribution < 1.29 is 10.0 Å². The molecule has 6 heteroatoms. The van der Waals surface area contributed by atoms with E-state index in [-0.39, 0.29) is 11.7 Å². The van der Waals surface area contributed by atoms with Crippen LogP contribution in [0.2, 0.25) is 0 Å². The van der Waals surface area contributed by atoms with Gasteiger partial charge in [-0.1, -0.05) is 19.0 Å². The molecule has 122 valence electrons. The summed E-state index contributed by atoms with van der Waals surface area (Å²) in [7, 11) is 3.95. The Bertz CT molecular complexity index is 372. The Morgan fingerprint density at radius 1 is 1.38 bits per heavy atom. The van der Waals surface area contributed by atoms with E-state index in [9.17, 15) is 4.79 Å². The standard InChI is InChI=1S/C15H30N4O2/c1-5-15(6-2,13(16)17-21)14(20)19(4)11-12-7-9-18(3)10-8-12/h12,21H,5-11H2,1-4H3,(H2,16,17). The lowest BCUT2D eigenvalue weighted by atomic mass is 9.79. The van der Waals surface area contributed by atoms with Gasteiger partial charge in [0.25, 0.3) is 0 Å². The molecule has 0 radical (unpaired) electrons. The quantitative estimate of drug-likeness (QED) is 0.335. The summed E-state index contributed by atoms with van der Waals surface area (Å²) in [5, 5.41) is 12.1. The minimum Gasteiger partial charge on any atom is -0.409 e. The zero-order valence-corrected chi connectivity index (χ0v) is 13.8. The number of rotatable bonds is 6. The predicted molar refractivity (Wildman–Crippen MR) is 84.3 cm³/mol. The number of nitrogens with two attached hydrogens (primary N) is 1. The highest BCUT2D eigenvalue weighted by molar-refractivity contribution is 6.06. The molecule has 21 heavy (non-hydrogen) atoms. The summed E-state index contributed by atoms with van der Waals surface area (Å²) in [5.74, 6) is 0.517. The molecule has 0 aromatic rings. The first kappa shape index (κ1) is 17.8. The van der Waals surface area contributed by atoms with E-state index < -0.39 is 5.41 Å². The van der Waals surface area contributed by atoms with Crippen LogP contribution in [0.3, 0.4) is 0 Å². The van der Waals surface area contributed by atoms with Crippen LogP contribution in [0.25, 0.3) is 0 Å². The van der Waals surface area contributed by atoms with Crippen LogP contribution in [0, 0.1) is 11.3 Å². The summed E-state index contributed by atoms with van der Waals surface area (Å²) in [6.07, 6.45) is 3.30. The van der Waals surface area contributed by atoms with Gasteiger partial charge in [-0.25, -0.2) is 0 Å². The summed E-state index contributed by atoms with van der Waals surface area (Å²) in [6, 6.07) is 0. The highest BCUT2D eigenvalue weighted by Crippen LogP contribution is 2.30. The van der Waals surface area contributed by atoms with Crippen LogP contribution in [-0.2, 0) is 4.79 Å². The first-order valence-corrected chi connectivity index (χ1v) is 7.83. The molecule has 0 bridgehead atoms. The molecule has 1 amide bonds. The second-order valence-corrected chi connectivity index (χ2v) is 6.21. The van der Waals surface area contributed by atoms with Crippen LogP contribution in [-0.4, -0.2) is 60.5 Å². The number of piperidine rings is 1. The van der Waals surface area contributed by atoms with Crippen molar-refractivity contribution in [2.45, 2.75) is 39.5 Å². The number of carbonyl (C=O) groups excluding carboxylic acids is 1. The molecule has 0 aromatic carbocycles. The van der Waals surface area contributed by atoms with Gasteiger partial charge in [-0.2, -0.15) is 0 Å². The summed E-state index contributed by atoms with van der Waals surface area (Å²) in [6.45, 7) is 6.72. The van der Waals surface area contributed by atoms with Crippen molar-refractivity contribution >= 4 is 11.7 Å². The van der Waals surface area contributed by atoms with Crippen molar-refractivity contribution in [2.24, 2.45) is 22.2 Å². The summed E-state index contributed by atoms with van der Waals surface area (Å²) in [4.78, 5) is 16.9. The molecule has 1 fully saturated rings. The van der Waals surface area contributed by atoms with Gasteiger partial charge >= 0.3 is 0 Å². The SMILES string of the molecule is CCC(CC)(C(=O)N(C)CC1CCN(C)CC1)C(N)=NO. The van der Waals surface area contributed by atoms with E-state index >= 15 is 0 Å². The highest BCUT2D eigenvalue weighted by Gasteiger charge is 2.42. The van der Waals surface area contributed by atoms with E-state index in [0.717, 1.165) is 32.5 Å². The van der Waals surface area contributed by atoms with Gasteiger partial charge in [-0.15, -0.1) is 0 Å². The van der Waals surface area contributed by atoms with Crippen LogP contribution >= 0.6 is 0 Å². The molecule has 1 aliphatic heterocycles. The smallest absolute Gasteiger partial charge is 0.236 e. The fourth-order valence-corrected chi connectivity index (χ4v) is 3.20. The minimum absolute atomic E-state index is 0.0210. The largest absolute Gasteiger partial charge is 0.409 e. The topological polar surface area (TPSA) is 82.2 Å². The number of carbonyl (C=O) groups is 1. The van der Waals surface area contributed by atoms with Crippen molar-refractivity contribution in [3.05, 3.63) is 0 Å².